The van der Waals surface area contributed by atoms with Crippen molar-refractivity contribution in [1.29, 1.82) is 0 Å². The van der Waals surface area contributed by atoms with Crippen LogP contribution in [0.1, 0.15) is 6.92 Å². The highest BCUT2D eigenvalue weighted by Gasteiger charge is 2.60. The predicted molar refractivity (Wildman–Crippen MR) is 35.0 cm³/mol. The molecule has 2 aliphatic heterocycles. The first-order valence-electron chi connectivity index (χ1n) is 3.88. The van der Waals surface area contributed by atoms with E-state index in [-0.39, 0.29) is 12.2 Å². The van der Waals surface area contributed by atoms with Crippen molar-refractivity contribution >= 4 is 0 Å². The van der Waals surface area contributed by atoms with Crippen LogP contribution in [-0.2, 0) is 9.78 Å². The minimum absolute atomic E-state index is 0.269. The number of rotatable bonds is 0. The summed E-state index contributed by atoms with van der Waals surface area (Å²) < 4.78 is 0. The lowest BCUT2D eigenvalue weighted by Gasteiger charge is -2.28. The van der Waals surface area contributed by atoms with E-state index in [9.17, 15) is 0 Å². The van der Waals surface area contributed by atoms with Crippen LogP contribution in [-0.4, -0.2) is 12.2 Å². The SMILES string of the molecule is CC1[C@@H]2[C@@H]1[C@H]1C=C[C@@H]2OO1. The zero-order valence-electron chi connectivity index (χ0n) is 5.86. The van der Waals surface area contributed by atoms with Gasteiger partial charge in [-0.05, 0) is 5.92 Å². The Morgan fingerprint density at radius 2 is 1.50 bits per heavy atom. The molecule has 2 heteroatoms. The van der Waals surface area contributed by atoms with Gasteiger partial charge in [-0.2, -0.15) is 0 Å². The molecule has 1 saturated carbocycles. The molecule has 1 unspecified atom stereocenters. The van der Waals surface area contributed by atoms with Crippen molar-refractivity contribution in [1.82, 2.24) is 0 Å². The standard InChI is InChI=1S/C8H10O2/c1-4-7-5-2-3-6(8(4)7)10-9-5/h2-8H,1H3/t4?,5-,6+,7-,8-/m0/s1. The Bertz CT molecular complexity index is 179. The maximum Gasteiger partial charge on any atom is 0.115 e. The molecule has 54 valence electrons. The molecule has 0 aromatic heterocycles. The molecule has 4 aliphatic rings. The zero-order valence-corrected chi connectivity index (χ0v) is 5.86. The summed E-state index contributed by atoms with van der Waals surface area (Å²) in [4.78, 5) is 10.2. The second kappa shape index (κ2) is 1.46. The van der Waals surface area contributed by atoms with Gasteiger partial charge in [0.05, 0.1) is 0 Å². The molecule has 2 bridgehead atoms. The topological polar surface area (TPSA) is 18.5 Å². The van der Waals surface area contributed by atoms with Gasteiger partial charge in [0.25, 0.3) is 0 Å². The lowest BCUT2D eigenvalue weighted by molar-refractivity contribution is -0.364. The molecule has 4 rings (SSSR count). The molecule has 10 heavy (non-hydrogen) atoms. The van der Waals surface area contributed by atoms with Gasteiger partial charge in [0.15, 0.2) is 0 Å². The molecule has 0 aromatic carbocycles. The van der Waals surface area contributed by atoms with Gasteiger partial charge in [0.1, 0.15) is 12.2 Å². The molecule has 0 amide bonds. The lowest BCUT2D eigenvalue weighted by Crippen LogP contribution is -2.32. The monoisotopic (exact) mass is 138 g/mol. The molecular weight excluding hydrogens is 128 g/mol. The molecule has 2 heterocycles. The van der Waals surface area contributed by atoms with E-state index in [2.05, 4.69) is 19.1 Å². The number of hydrogen-bond donors (Lipinski definition) is 0. The number of fused-ring (bicyclic) bond motifs is 1. The van der Waals surface area contributed by atoms with Crippen LogP contribution in [0.3, 0.4) is 0 Å². The Hall–Kier alpha value is -0.340. The molecule has 2 fully saturated rings. The van der Waals surface area contributed by atoms with E-state index >= 15 is 0 Å². The van der Waals surface area contributed by atoms with Gasteiger partial charge in [-0.15, -0.1) is 0 Å². The molecule has 2 aliphatic carbocycles. The summed E-state index contributed by atoms with van der Waals surface area (Å²) in [6.45, 7) is 2.28. The Morgan fingerprint density at radius 3 is 1.80 bits per heavy atom. The van der Waals surface area contributed by atoms with Crippen LogP contribution in [0.25, 0.3) is 0 Å². The summed E-state index contributed by atoms with van der Waals surface area (Å²) in [6, 6.07) is 0. The van der Waals surface area contributed by atoms with Crippen LogP contribution < -0.4 is 0 Å². The second-order valence-corrected chi connectivity index (χ2v) is 3.52. The Balaban J connectivity index is 2.00. The van der Waals surface area contributed by atoms with Gasteiger partial charge in [-0.1, -0.05) is 19.1 Å². The summed E-state index contributed by atoms with van der Waals surface area (Å²) in [7, 11) is 0. The molecule has 0 N–H and O–H groups in total. The largest absolute Gasteiger partial charge is 0.228 e. The Morgan fingerprint density at radius 1 is 1.00 bits per heavy atom. The average molecular weight is 138 g/mol. The maximum atomic E-state index is 5.11. The summed E-state index contributed by atoms with van der Waals surface area (Å²) >= 11 is 0. The van der Waals surface area contributed by atoms with Crippen molar-refractivity contribution in [2.75, 3.05) is 0 Å². The van der Waals surface area contributed by atoms with E-state index in [1.165, 1.54) is 0 Å². The van der Waals surface area contributed by atoms with Crippen molar-refractivity contribution in [2.45, 2.75) is 19.1 Å². The van der Waals surface area contributed by atoms with Crippen molar-refractivity contribution < 1.29 is 9.78 Å². The molecule has 0 aromatic rings. The van der Waals surface area contributed by atoms with Crippen LogP contribution in [0.15, 0.2) is 12.2 Å². The highest BCUT2D eigenvalue weighted by Crippen LogP contribution is 2.57. The average Bonchev–Trinajstić information content (AvgIpc) is 2.68. The number of hydrogen-bond acceptors (Lipinski definition) is 2. The summed E-state index contributed by atoms with van der Waals surface area (Å²) in [5, 5.41) is 0. The van der Waals surface area contributed by atoms with Crippen molar-refractivity contribution in [3.8, 4) is 0 Å². The Labute approximate surface area is 59.7 Å². The fourth-order valence-corrected chi connectivity index (χ4v) is 2.36. The van der Waals surface area contributed by atoms with Crippen LogP contribution in [0.2, 0.25) is 0 Å². The van der Waals surface area contributed by atoms with E-state index < -0.39 is 0 Å². The molecule has 1 saturated heterocycles. The highest BCUT2D eigenvalue weighted by molar-refractivity contribution is 5.19. The lowest BCUT2D eigenvalue weighted by atomic mass is 10.0. The minimum Gasteiger partial charge on any atom is -0.228 e. The summed E-state index contributed by atoms with van der Waals surface area (Å²) in [5.74, 6) is 2.35. The normalized spacial score (nSPS) is 62.3. The summed E-state index contributed by atoms with van der Waals surface area (Å²) in [6.07, 6.45) is 4.81. The summed E-state index contributed by atoms with van der Waals surface area (Å²) in [5.41, 5.74) is 0. The van der Waals surface area contributed by atoms with E-state index in [4.69, 9.17) is 9.78 Å². The second-order valence-electron chi connectivity index (χ2n) is 3.52. The third-order valence-electron chi connectivity index (χ3n) is 3.04. The molecular formula is C8H10O2. The first-order chi connectivity index (χ1) is 4.88. The van der Waals surface area contributed by atoms with E-state index in [1.807, 2.05) is 0 Å². The third kappa shape index (κ3) is 0.444. The van der Waals surface area contributed by atoms with Crippen molar-refractivity contribution in [3.63, 3.8) is 0 Å². The van der Waals surface area contributed by atoms with Gasteiger partial charge in [-0.3, -0.25) is 0 Å². The van der Waals surface area contributed by atoms with Gasteiger partial charge in [0.2, 0.25) is 0 Å². The molecule has 2 nitrogen and oxygen atoms in total. The van der Waals surface area contributed by atoms with Crippen LogP contribution in [0.5, 0.6) is 0 Å². The quantitative estimate of drug-likeness (QED) is 0.369. The first-order valence-corrected chi connectivity index (χ1v) is 3.88. The molecule has 0 spiro atoms. The Kier molecular flexibility index (Phi) is 0.778. The smallest absolute Gasteiger partial charge is 0.115 e. The maximum absolute atomic E-state index is 5.11. The van der Waals surface area contributed by atoms with Crippen LogP contribution >= 0.6 is 0 Å². The minimum atomic E-state index is 0.269. The van der Waals surface area contributed by atoms with Gasteiger partial charge < -0.3 is 0 Å². The highest BCUT2D eigenvalue weighted by atomic mass is 17.2. The first kappa shape index (κ1) is 5.33. The fraction of sp³-hybridized carbons (Fsp3) is 0.750. The van der Waals surface area contributed by atoms with E-state index in [1.54, 1.807) is 0 Å². The zero-order chi connectivity index (χ0) is 6.72. The molecule has 0 radical (unpaired) electrons. The van der Waals surface area contributed by atoms with Crippen molar-refractivity contribution in [3.05, 3.63) is 12.2 Å². The van der Waals surface area contributed by atoms with Gasteiger partial charge >= 0.3 is 0 Å². The molecule has 5 atom stereocenters. The van der Waals surface area contributed by atoms with Crippen LogP contribution in [0, 0.1) is 17.8 Å². The van der Waals surface area contributed by atoms with E-state index in [0.717, 1.165) is 17.8 Å². The van der Waals surface area contributed by atoms with Crippen molar-refractivity contribution in [2.24, 2.45) is 17.8 Å². The van der Waals surface area contributed by atoms with Gasteiger partial charge in [0, 0.05) is 11.8 Å². The van der Waals surface area contributed by atoms with Crippen LogP contribution in [0.4, 0.5) is 0 Å². The van der Waals surface area contributed by atoms with E-state index in [0.29, 0.717) is 0 Å². The fourth-order valence-electron chi connectivity index (χ4n) is 2.36. The van der Waals surface area contributed by atoms with Gasteiger partial charge in [-0.25, -0.2) is 9.78 Å². The third-order valence-corrected chi connectivity index (χ3v) is 3.04. The predicted octanol–water partition coefficient (Wildman–Crippen LogP) is 1.14.